The van der Waals surface area contributed by atoms with Gasteiger partial charge in [0.1, 0.15) is 17.7 Å². The van der Waals surface area contributed by atoms with Crippen molar-refractivity contribution in [1.29, 1.82) is 0 Å². The van der Waals surface area contributed by atoms with Gasteiger partial charge in [0, 0.05) is 19.4 Å². The molecule has 1 aromatic rings. The molecule has 0 bridgehead atoms. The molecule has 0 spiro atoms. The third-order valence-corrected chi connectivity index (χ3v) is 6.86. The number of aromatic nitrogens is 1. The second-order valence-electron chi connectivity index (χ2n) is 11.7. The average Bonchev–Trinajstić information content (AvgIpc) is 2.76. The van der Waals surface area contributed by atoms with E-state index in [1.54, 1.807) is 66.1 Å². The lowest BCUT2D eigenvalue weighted by atomic mass is 9.84. The Morgan fingerprint density at radius 2 is 1.57 bits per heavy atom. The van der Waals surface area contributed by atoms with E-state index in [1.165, 1.54) is 7.05 Å². The monoisotopic (exact) mass is 540 g/mol. The normalized spacial score (nSPS) is 15.0. The summed E-state index contributed by atoms with van der Waals surface area (Å²) in [5.74, 6) is -3.32. The summed E-state index contributed by atoms with van der Waals surface area (Å²) in [6.45, 7) is 14.1. The second kappa shape index (κ2) is 13.3. The van der Waals surface area contributed by atoms with Gasteiger partial charge in [-0.05, 0) is 62.6 Å². The second-order valence-corrected chi connectivity index (χ2v) is 13.6. The van der Waals surface area contributed by atoms with E-state index in [-0.39, 0.29) is 24.5 Å². The fourth-order valence-corrected chi connectivity index (χ4v) is 4.95. The van der Waals surface area contributed by atoms with Gasteiger partial charge in [-0.15, -0.1) is 0 Å². The van der Waals surface area contributed by atoms with E-state index in [0.717, 1.165) is 5.56 Å². The lowest BCUT2D eigenvalue weighted by Crippen LogP contribution is -2.58. The minimum atomic E-state index is -4.00. The van der Waals surface area contributed by atoms with Gasteiger partial charge in [0.05, 0.1) is 11.7 Å². The zero-order valence-corrected chi connectivity index (χ0v) is 24.4. The standard InChI is InChI=1S/C26H44N4O6S/c1-17(2)16-19(22(31)29-21(23(32)27-9)25(3,4)5)20(24(33)36-26(6,7)8)30-37(34,35)15-12-18-10-13-28-14-11-18/h10-11,13-14,17,19-21,30H,12,15-16H2,1-9H3,(H,27,32)(H,29,31)/t19-,20+,21-/m1/s1. The summed E-state index contributed by atoms with van der Waals surface area (Å²) < 4.78 is 34.2. The van der Waals surface area contributed by atoms with Crippen LogP contribution in [0.4, 0.5) is 0 Å². The van der Waals surface area contributed by atoms with E-state index in [9.17, 15) is 22.8 Å². The molecule has 11 heteroatoms. The summed E-state index contributed by atoms with van der Waals surface area (Å²) in [6, 6.07) is 1.04. The Morgan fingerprint density at radius 1 is 1.00 bits per heavy atom. The predicted octanol–water partition coefficient (Wildman–Crippen LogP) is 2.19. The molecule has 3 N–H and O–H groups in total. The van der Waals surface area contributed by atoms with Crippen molar-refractivity contribution in [3.8, 4) is 0 Å². The predicted molar refractivity (Wildman–Crippen MR) is 143 cm³/mol. The number of nitrogens with one attached hydrogen (secondary N) is 3. The van der Waals surface area contributed by atoms with Crippen LogP contribution in [-0.4, -0.2) is 61.7 Å². The van der Waals surface area contributed by atoms with Crippen LogP contribution in [0.1, 0.15) is 67.4 Å². The molecule has 0 aromatic carbocycles. The maximum Gasteiger partial charge on any atom is 0.325 e. The molecule has 0 fully saturated rings. The number of pyridine rings is 1. The first-order valence-electron chi connectivity index (χ1n) is 12.5. The molecule has 0 radical (unpaired) electrons. The number of sulfonamides is 1. The smallest absolute Gasteiger partial charge is 0.325 e. The van der Waals surface area contributed by atoms with Crippen molar-refractivity contribution in [1.82, 2.24) is 20.3 Å². The van der Waals surface area contributed by atoms with Crippen LogP contribution in [0.15, 0.2) is 24.5 Å². The van der Waals surface area contributed by atoms with Crippen LogP contribution in [0.25, 0.3) is 0 Å². The van der Waals surface area contributed by atoms with Crippen molar-refractivity contribution in [3.05, 3.63) is 30.1 Å². The topological polar surface area (TPSA) is 144 Å². The average molecular weight is 541 g/mol. The Kier molecular flexibility index (Phi) is 11.7. The number of hydrogen-bond acceptors (Lipinski definition) is 7. The number of carbonyl (C=O) groups is 3. The summed E-state index contributed by atoms with van der Waals surface area (Å²) in [6.07, 6.45) is 3.52. The van der Waals surface area contributed by atoms with Crippen molar-refractivity contribution < 1.29 is 27.5 Å². The van der Waals surface area contributed by atoms with E-state index in [0.29, 0.717) is 0 Å². The quantitative estimate of drug-likeness (QED) is 0.345. The molecule has 1 heterocycles. The molecule has 1 aromatic heterocycles. The summed E-state index contributed by atoms with van der Waals surface area (Å²) >= 11 is 0. The Bertz CT molecular complexity index is 1010. The van der Waals surface area contributed by atoms with Gasteiger partial charge in [-0.25, -0.2) is 13.1 Å². The van der Waals surface area contributed by atoms with Crippen molar-refractivity contribution in [2.24, 2.45) is 17.3 Å². The Hall–Kier alpha value is -2.53. The maximum atomic E-state index is 13.6. The Labute approximate surface area is 221 Å². The van der Waals surface area contributed by atoms with Gasteiger partial charge >= 0.3 is 5.97 Å². The number of nitrogens with zero attached hydrogens (tertiary/aromatic N) is 1. The molecule has 0 aliphatic carbocycles. The minimum absolute atomic E-state index is 0.0601. The highest BCUT2D eigenvalue weighted by molar-refractivity contribution is 7.89. The number of carbonyl (C=O) groups excluding carboxylic acids is 3. The van der Waals surface area contributed by atoms with Crippen molar-refractivity contribution >= 4 is 27.8 Å². The van der Waals surface area contributed by atoms with Gasteiger partial charge < -0.3 is 15.4 Å². The summed E-state index contributed by atoms with van der Waals surface area (Å²) in [7, 11) is -2.53. The van der Waals surface area contributed by atoms with Gasteiger partial charge in [-0.1, -0.05) is 34.6 Å². The van der Waals surface area contributed by atoms with Gasteiger partial charge in [-0.3, -0.25) is 19.4 Å². The lowest BCUT2D eigenvalue weighted by Gasteiger charge is -2.34. The zero-order chi connectivity index (χ0) is 28.6. The maximum absolute atomic E-state index is 13.6. The summed E-state index contributed by atoms with van der Waals surface area (Å²) in [5, 5.41) is 5.30. The van der Waals surface area contributed by atoms with Crippen LogP contribution in [-0.2, 0) is 35.6 Å². The zero-order valence-electron chi connectivity index (χ0n) is 23.5. The van der Waals surface area contributed by atoms with E-state index >= 15 is 0 Å². The number of likely N-dealkylation sites (N-methyl/N-ethyl adjacent to an activating group) is 1. The minimum Gasteiger partial charge on any atom is -0.459 e. The first kappa shape index (κ1) is 32.5. The molecule has 0 aliphatic heterocycles. The molecule has 0 saturated heterocycles. The molecule has 0 aliphatic rings. The van der Waals surface area contributed by atoms with Crippen LogP contribution in [0.2, 0.25) is 0 Å². The molecule has 0 unspecified atom stereocenters. The van der Waals surface area contributed by atoms with Crippen molar-refractivity contribution in [2.45, 2.75) is 85.9 Å². The molecule has 1 rings (SSSR count). The Morgan fingerprint density at radius 3 is 2.03 bits per heavy atom. The highest BCUT2D eigenvalue weighted by Gasteiger charge is 2.42. The van der Waals surface area contributed by atoms with Gasteiger partial charge in [0.25, 0.3) is 0 Å². The SMILES string of the molecule is CNC(=O)[C@@H](NC(=O)[C@H](CC(C)C)[C@H](NS(=O)(=O)CCc1ccncc1)C(=O)OC(C)(C)C)C(C)(C)C. The van der Waals surface area contributed by atoms with Crippen molar-refractivity contribution in [2.75, 3.05) is 12.8 Å². The number of ether oxygens (including phenoxy) is 1. The van der Waals surface area contributed by atoms with Crippen LogP contribution in [0.5, 0.6) is 0 Å². The van der Waals surface area contributed by atoms with E-state index in [2.05, 4.69) is 20.3 Å². The lowest BCUT2D eigenvalue weighted by molar-refractivity contribution is -0.160. The highest BCUT2D eigenvalue weighted by atomic mass is 32.2. The number of amides is 2. The fraction of sp³-hybridized carbons (Fsp3) is 0.692. The molecule has 2 amide bonds. The fourth-order valence-electron chi connectivity index (χ4n) is 3.69. The number of aryl methyl sites for hydroxylation is 1. The van der Waals surface area contributed by atoms with Gasteiger partial charge in [0.2, 0.25) is 21.8 Å². The van der Waals surface area contributed by atoms with Crippen molar-refractivity contribution in [3.63, 3.8) is 0 Å². The number of esters is 1. The molecular formula is C26H44N4O6S. The molecule has 210 valence electrons. The van der Waals surface area contributed by atoms with E-state index < -0.39 is 56.8 Å². The number of hydrogen-bond donors (Lipinski definition) is 3. The first-order chi connectivity index (χ1) is 16.9. The molecule has 3 atom stereocenters. The Balaban J connectivity index is 3.37. The van der Waals surface area contributed by atoms with Crippen LogP contribution in [0, 0.1) is 17.3 Å². The van der Waals surface area contributed by atoms with Crippen LogP contribution < -0.4 is 15.4 Å². The van der Waals surface area contributed by atoms with Crippen LogP contribution in [0.3, 0.4) is 0 Å². The largest absolute Gasteiger partial charge is 0.459 e. The van der Waals surface area contributed by atoms with Crippen LogP contribution >= 0.6 is 0 Å². The summed E-state index contributed by atoms with van der Waals surface area (Å²) in [5.41, 5.74) is -0.777. The number of rotatable bonds is 12. The van der Waals surface area contributed by atoms with Gasteiger partial charge in [0.15, 0.2) is 0 Å². The molecule has 10 nitrogen and oxygen atoms in total. The third kappa shape index (κ3) is 11.6. The molecule has 37 heavy (non-hydrogen) atoms. The summed E-state index contributed by atoms with van der Waals surface area (Å²) in [4.78, 5) is 43.4. The first-order valence-corrected chi connectivity index (χ1v) is 14.1. The van der Waals surface area contributed by atoms with Gasteiger partial charge in [-0.2, -0.15) is 0 Å². The highest BCUT2D eigenvalue weighted by Crippen LogP contribution is 2.24. The van der Waals surface area contributed by atoms with E-state index in [1.807, 2.05) is 13.8 Å². The molecular weight excluding hydrogens is 496 g/mol. The molecule has 0 saturated carbocycles. The third-order valence-electron chi connectivity index (χ3n) is 5.50. The van der Waals surface area contributed by atoms with E-state index in [4.69, 9.17) is 4.74 Å².